The maximum absolute atomic E-state index is 12.3. The van der Waals surface area contributed by atoms with Crippen molar-refractivity contribution in [2.24, 2.45) is 0 Å². The molecule has 0 radical (unpaired) electrons. The third-order valence-corrected chi connectivity index (χ3v) is 5.37. The van der Waals surface area contributed by atoms with Crippen LogP contribution in [0.1, 0.15) is 37.7 Å². The number of carbonyl (C=O) groups is 1. The molecule has 25 heavy (non-hydrogen) atoms. The predicted octanol–water partition coefficient (Wildman–Crippen LogP) is 1.76. The first kappa shape index (κ1) is 16.7. The largest absolute Gasteiger partial charge is 0.454 e. The quantitative estimate of drug-likeness (QED) is 0.822. The predicted molar refractivity (Wildman–Crippen MR) is 92.8 cm³/mol. The first-order valence-electron chi connectivity index (χ1n) is 9.29. The van der Waals surface area contributed by atoms with Crippen LogP contribution in [0.25, 0.3) is 0 Å². The molecular weight excluding hydrogens is 320 g/mol. The molecule has 3 aliphatic rings. The highest BCUT2D eigenvalue weighted by Gasteiger charge is 2.33. The third-order valence-electron chi connectivity index (χ3n) is 5.37. The molecule has 1 aliphatic carbocycles. The second kappa shape index (κ2) is 7.62. The average molecular weight is 346 g/mol. The van der Waals surface area contributed by atoms with Gasteiger partial charge in [0, 0.05) is 37.8 Å². The number of nitrogens with one attached hydrogen (secondary N) is 2. The summed E-state index contributed by atoms with van der Waals surface area (Å²) in [5, 5.41) is 6.88. The lowest BCUT2D eigenvalue weighted by molar-refractivity contribution is -0.122. The Bertz CT molecular complexity index is 615. The highest BCUT2D eigenvalue weighted by molar-refractivity contribution is 5.76. The van der Waals surface area contributed by atoms with E-state index >= 15 is 0 Å². The van der Waals surface area contributed by atoms with E-state index < -0.39 is 0 Å². The molecule has 2 unspecified atom stereocenters. The van der Waals surface area contributed by atoms with Crippen LogP contribution in [0, 0.1) is 0 Å². The normalized spacial score (nSPS) is 25.4. The van der Waals surface area contributed by atoms with Gasteiger partial charge in [-0.05, 0) is 49.8 Å². The molecule has 2 N–H and O–H groups in total. The zero-order valence-electron chi connectivity index (χ0n) is 14.5. The van der Waals surface area contributed by atoms with Crippen LogP contribution in [0.2, 0.25) is 0 Å². The van der Waals surface area contributed by atoms with E-state index in [1.54, 1.807) is 0 Å². The van der Waals surface area contributed by atoms with Crippen molar-refractivity contribution < 1.29 is 19.0 Å². The number of hydrogen-bond donors (Lipinski definition) is 2. The molecule has 4 rings (SSSR count). The molecule has 1 amide bonds. The van der Waals surface area contributed by atoms with Crippen LogP contribution in [-0.4, -0.2) is 44.0 Å². The Morgan fingerprint density at radius 3 is 2.64 bits per heavy atom. The fourth-order valence-corrected chi connectivity index (χ4v) is 3.67. The van der Waals surface area contributed by atoms with E-state index in [-0.39, 0.29) is 18.7 Å². The Hall–Kier alpha value is -1.79. The summed E-state index contributed by atoms with van der Waals surface area (Å²) in [6, 6.07) is 7.10. The molecular formula is C19H26N2O4. The Labute approximate surface area is 148 Å². The SMILES string of the molecule is O=C(CCc1ccc2c(c1)OCO2)NC1CCC1NC1CCOCC1. The number of amides is 1. The smallest absolute Gasteiger partial charge is 0.231 e. The lowest BCUT2D eigenvalue weighted by Gasteiger charge is -2.41. The molecule has 1 aromatic rings. The van der Waals surface area contributed by atoms with E-state index in [0.717, 1.165) is 56.0 Å². The summed E-state index contributed by atoms with van der Waals surface area (Å²) in [5.74, 6) is 1.68. The number of aryl methyl sites for hydroxylation is 1. The van der Waals surface area contributed by atoms with Crippen LogP contribution >= 0.6 is 0 Å². The number of hydrogen-bond acceptors (Lipinski definition) is 5. The van der Waals surface area contributed by atoms with E-state index in [2.05, 4.69) is 10.6 Å². The van der Waals surface area contributed by atoms with Gasteiger partial charge >= 0.3 is 0 Å². The standard InChI is InChI=1S/C19H26N2O4/c22-19(6-2-13-1-5-17-18(11-13)25-12-24-17)21-16-4-3-15(16)20-14-7-9-23-10-8-14/h1,5,11,14-16,20H,2-4,6-10,12H2,(H,21,22). The van der Waals surface area contributed by atoms with Crippen LogP contribution in [-0.2, 0) is 16.0 Å². The first-order valence-corrected chi connectivity index (χ1v) is 9.29. The van der Waals surface area contributed by atoms with Gasteiger partial charge < -0.3 is 24.8 Å². The van der Waals surface area contributed by atoms with Gasteiger partial charge in [-0.25, -0.2) is 0 Å². The molecule has 0 spiro atoms. The van der Waals surface area contributed by atoms with Crippen LogP contribution in [0.5, 0.6) is 11.5 Å². The van der Waals surface area contributed by atoms with Gasteiger partial charge in [-0.1, -0.05) is 6.07 Å². The fraction of sp³-hybridized carbons (Fsp3) is 0.632. The monoisotopic (exact) mass is 346 g/mol. The van der Waals surface area contributed by atoms with Crippen molar-refractivity contribution in [2.45, 2.75) is 56.7 Å². The molecule has 2 heterocycles. The molecule has 0 bridgehead atoms. The van der Waals surface area contributed by atoms with Crippen molar-refractivity contribution in [2.75, 3.05) is 20.0 Å². The van der Waals surface area contributed by atoms with Crippen LogP contribution in [0.15, 0.2) is 18.2 Å². The summed E-state index contributed by atoms with van der Waals surface area (Å²) in [6.07, 6.45) is 5.57. The van der Waals surface area contributed by atoms with Crippen molar-refractivity contribution in [3.63, 3.8) is 0 Å². The lowest BCUT2D eigenvalue weighted by Crippen LogP contribution is -2.59. The molecule has 2 fully saturated rings. The number of fused-ring (bicyclic) bond motifs is 1. The average Bonchev–Trinajstić information content (AvgIpc) is 3.10. The van der Waals surface area contributed by atoms with Gasteiger partial charge in [0.05, 0.1) is 0 Å². The van der Waals surface area contributed by atoms with Gasteiger partial charge in [-0.15, -0.1) is 0 Å². The maximum atomic E-state index is 12.3. The highest BCUT2D eigenvalue weighted by Crippen LogP contribution is 2.32. The Kier molecular flexibility index (Phi) is 5.08. The van der Waals surface area contributed by atoms with Gasteiger partial charge in [0.1, 0.15) is 0 Å². The van der Waals surface area contributed by atoms with Crippen LogP contribution in [0.3, 0.4) is 0 Å². The van der Waals surface area contributed by atoms with Gasteiger partial charge in [0.15, 0.2) is 11.5 Å². The summed E-state index contributed by atoms with van der Waals surface area (Å²) in [6.45, 7) is 1.97. The molecule has 1 saturated carbocycles. The van der Waals surface area contributed by atoms with Crippen molar-refractivity contribution in [1.82, 2.24) is 10.6 Å². The van der Waals surface area contributed by atoms with Crippen molar-refractivity contribution in [1.29, 1.82) is 0 Å². The number of carbonyl (C=O) groups excluding carboxylic acids is 1. The number of rotatable bonds is 6. The summed E-state index contributed by atoms with van der Waals surface area (Å²) < 4.78 is 16.1. The number of ether oxygens (including phenoxy) is 3. The van der Waals surface area contributed by atoms with Crippen molar-refractivity contribution >= 4 is 5.91 Å². The maximum Gasteiger partial charge on any atom is 0.231 e. The zero-order valence-corrected chi connectivity index (χ0v) is 14.5. The van der Waals surface area contributed by atoms with Crippen molar-refractivity contribution in [3.8, 4) is 11.5 Å². The molecule has 1 aromatic carbocycles. The Balaban J connectivity index is 1.21. The topological polar surface area (TPSA) is 68.8 Å². The van der Waals surface area contributed by atoms with Gasteiger partial charge in [0.2, 0.25) is 12.7 Å². The molecule has 2 aliphatic heterocycles. The van der Waals surface area contributed by atoms with E-state index in [0.29, 0.717) is 24.9 Å². The number of benzene rings is 1. The lowest BCUT2D eigenvalue weighted by atomic mass is 9.85. The van der Waals surface area contributed by atoms with Crippen LogP contribution in [0.4, 0.5) is 0 Å². The highest BCUT2D eigenvalue weighted by atomic mass is 16.7. The molecule has 6 heteroatoms. The van der Waals surface area contributed by atoms with Gasteiger partial charge in [-0.3, -0.25) is 4.79 Å². The second-order valence-corrected chi connectivity index (χ2v) is 7.10. The molecule has 136 valence electrons. The Morgan fingerprint density at radius 1 is 1.04 bits per heavy atom. The van der Waals surface area contributed by atoms with E-state index in [1.165, 1.54) is 0 Å². The van der Waals surface area contributed by atoms with Crippen LogP contribution < -0.4 is 20.1 Å². The minimum atomic E-state index is 0.126. The van der Waals surface area contributed by atoms with Gasteiger partial charge in [-0.2, -0.15) is 0 Å². The fourth-order valence-electron chi connectivity index (χ4n) is 3.67. The van der Waals surface area contributed by atoms with E-state index in [9.17, 15) is 4.79 Å². The molecule has 1 saturated heterocycles. The summed E-state index contributed by atoms with van der Waals surface area (Å²) in [5.41, 5.74) is 1.10. The summed E-state index contributed by atoms with van der Waals surface area (Å²) in [4.78, 5) is 12.3. The van der Waals surface area contributed by atoms with E-state index in [4.69, 9.17) is 14.2 Å². The first-order chi connectivity index (χ1) is 12.3. The third kappa shape index (κ3) is 4.07. The summed E-state index contributed by atoms with van der Waals surface area (Å²) >= 11 is 0. The van der Waals surface area contributed by atoms with E-state index in [1.807, 2.05) is 18.2 Å². The molecule has 6 nitrogen and oxygen atoms in total. The molecule has 0 aromatic heterocycles. The second-order valence-electron chi connectivity index (χ2n) is 7.10. The van der Waals surface area contributed by atoms with Crippen molar-refractivity contribution in [3.05, 3.63) is 23.8 Å². The zero-order chi connectivity index (χ0) is 17.1. The summed E-state index contributed by atoms with van der Waals surface area (Å²) in [7, 11) is 0. The minimum Gasteiger partial charge on any atom is -0.454 e. The Morgan fingerprint density at radius 2 is 1.84 bits per heavy atom. The van der Waals surface area contributed by atoms with Gasteiger partial charge in [0.25, 0.3) is 0 Å². The minimum absolute atomic E-state index is 0.126. The molecule has 2 atom stereocenters.